The zero-order valence-corrected chi connectivity index (χ0v) is 15.9. The van der Waals surface area contributed by atoms with E-state index in [2.05, 4.69) is 21.8 Å². The maximum Gasteiger partial charge on any atom is 0.320 e. The molecule has 3 N–H and O–H groups in total. The number of carbonyl (C=O) groups is 2. The van der Waals surface area contributed by atoms with Gasteiger partial charge >= 0.3 is 12.0 Å². The van der Waals surface area contributed by atoms with Crippen LogP contribution in [0.15, 0.2) is 24.3 Å². The highest BCUT2D eigenvalue weighted by Crippen LogP contribution is 2.18. The minimum absolute atomic E-state index is 0.00623. The number of aromatic nitrogens is 2. The molecule has 2 rings (SSSR count). The van der Waals surface area contributed by atoms with Crippen LogP contribution < -0.4 is 10.6 Å². The van der Waals surface area contributed by atoms with Crippen molar-refractivity contribution in [2.75, 3.05) is 5.32 Å². The van der Waals surface area contributed by atoms with Gasteiger partial charge in [0, 0.05) is 23.7 Å². The molecule has 0 saturated carbocycles. The van der Waals surface area contributed by atoms with Gasteiger partial charge in [0.25, 0.3) is 0 Å². The Morgan fingerprint density at radius 1 is 1.12 bits per heavy atom. The van der Waals surface area contributed by atoms with Gasteiger partial charge in [0.2, 0.25) is 0 Å². The molecule has 0 bridgehead atoms. The highest BCUT2D eigenvalue weighted by atomic mass is 16.4. The van der Waals surface area contributed by atoms with Gasteiger partial charge in [-0.2, -0.15) is 0 Å². The minimum atomic E-state index is -0.886. The Kier molecular flexibility index (Phi) is 5.69. The molecule has 0 unspecified atom stereocenters. The van der Waals surface area contributed by atoms with E-state index in [-0.39, 0.29) is 6.42 Å². The van der Waals surface area contributed by atoms with E-state index >= 15 is 0 Å². The summed E-state index contributed by atoms with van der Waals surface area (Å²) >= 11 is 0. The van der Waals surface area contributed by atoms with Crippen LogP contribution in [0.2, 0.25) is 0 Å². The molecule has 140 valence electrons. The fourth-order valence-electron chi connectivity index (χ4n) is 2.81. The van der Waals surface area contributed by atoms with E-state index in [4.69, 9.17) is 5.11 Å². The minimum Gasteiger partial charge on any atom is -0.481 e. The van der Waals surface area contributed by atoms with Crippen LogP contribution >= 0.6 is 0 Å². The lowest BCUT2D eigenvalue weighted by atomic mass is 9.99. The summed E-state index contributed by atoms with van der Waals surface area (Å²) in [5.74, 6) is -0.448. The Labute approximate surface area is 153 Å². The molecule has 26 heavy (non-hydrogen) atoms. The van der Waals surface area contributed by atoms with Crippen LogP contribution in [0.5, 0.6) is 0 Å². The lowest BCUT2D eigenvalue weighted by molar-refractivity contribution is -0.137. The Morgan fingerprint density at radius 2 is 1.73 bits per heavy atom. The molecule has 7 heteroatoms. The zero-order chi connectivity index (χ0) is 19.5. The first-order chi connectivity index (χ1) is 12.1. The molecular formula is C19H26N4O3. The van der Waals surface area contributed by atoms with Gasteiger partial charge in [-0.05, 0) is 64.3 Å². The number of urea groups is 1. The number of benzene rings is 1. The van der Waals surface area contributed by atoms with E-state index in [0.717, 1.165) is 22.5 Å². The van der Waals surface area contributed by atoms with Gasteiger partial charge in [-0.3, -0.25) is 10.1 Å². The van der Waals surface area contributed by atoms with Crippen LogP contribution in [0.1, 0.15) is 43.5 Å². The summed E-state index contributed by atoms with van der Waals surface area (Å²) in [5.41, 5.74) is 3.49. The Morgan fingerprint density at radius 3 is 2.31 bits per heavy atom. The predicted molar refractivity (Wildman–Crippen MR) is 101 cm³/mol. The Bertz CT molecular complexity index is 804. The van der Waals surface area contributed by atoms with Crippen LogP contribution in [0, 0.1) is 20.8 Å². The van der Waals surface area contributed by atoms with Crippen molar-refractivity contribution in [1.82, 2.24) is 15.1 Å². The van der Waals surface area contributed by atoms with E-state index in [1.54, 1.807) is 24.6 Å². The molecule has 1 aromatic carbocycles. The number of carbonyl (C=O) groups excluding carboxylic acids is 1. The van der Waals surface area contributed by atoms with Crippen molar-refractivity contribution in [3.63, 3.8) is 0 Å². The molecule has 0 saturated heterocycles. The highest BCUT2D eigenvalue weighted by Gasteiger charge is 2.22. The van der Waals surface area contributed by atoms with Crippen molar-refractivity contribution in [2.45, 2.75) is 53.0 Å². The zero-order valence-electron chi connectivity index (χ0n) is 15.9. The first kappa shape index (κ1) is 19.5. The van der Waals surface area contributed by atoms with Gasteiger partial charge in [-0.1, -0.05) is 6.07 Å². The average molecular weight is 358 g/mol. The van der Waals surface area contributed by atoms with Gasteiger partial charge in [-0.25, -0.2) is 9.48 Å². The fourth-order valence-corrected chi connectivity index (χ4v) is 2.81. The molecule has 0 spiro atoms. The standard InChI is InChI=1S/C19H26N4O3/c1-12-8-13(2)10-15(9-12)23-14(3)11-16(22-23)20-18(26)21-19(4,5)7-6-17(24)25/h8-11H,6-7H2,1-5H3,(H,24,25)(H2,20,21,22,26). The number of hydrogen-bond acceptors (Lipinski definition) is 3. The average Bonchev–Trinajstić information content (AvgIpc) is 2.84. The molecule has 0 fully saturated rings. The number of anilines is 1. The second kappa shape index (κ2) is 7.59. The molecule has 1 aromatic heterocycles. The third-order valence-electron chi connectivity index (χ3n) is 4.00. The van der Waals surface area contributed by atoms with Crippen LogP contribution in [0.25, 0.3) is 5.69 Å². The van der Waals surface area contributed by atoms with Gasteiger partial charge in [-0.15, -0.1) is 5.10 Å². The summed E-state index contributed by atoms with van der Waals surface area (Å²) < 4.78 is 1.78. The summed E-state index contributed by atoms with van der Waals surface area (Å²) in [5, 5.41) is 18.7. The molecule has 0 radical (unpaired) electrons. The molecule has 2 amide bonds. The number of hydrogen-bond donors (Lipinski definition) is 3. The topological polar surface area (TPSA) is 96.3 Å². The first-order valence-corrected chi connectivity index (χ1v) is 8.52. The molecule has 0 aliphatic carbocycles. The molecule has 7 nitrogen and oxygen atoms in total. The maximum absolute atomic E-state index is 12.2. The summed E-state index contributed by atoms with van der Waals surface area (Å²) in [6, 6.07) is 7.54. The summed E-state index contributed by atoms with van der Waals surface area (Å²) in [6.45, 7) is 9.55. The van der Waals surface area contributed by atoms with E-state index in [1.165, 1.54) is 0 Å². The normalized spacial score (nSPS) is 11.3. The lowest BCUT2D eigenvalue weighted by Crippen LogP contribution is -2.45. The number of aryl methyl sites for hydroxylation is 3. The van der Waals surface area contributed by atoms with Gasteiger partial charge in [0.15, 0.2) is 5.82 Å². The van der Waals surface area contributed by atoms with Crippen LogP contribution in [-0.4, -0.2) is 32.4 Å². The quantitative estimate of drug-likeness (QED) is 0.735. The highest BCUT2D eigenvalue weighted by molar-refractivity contribution is 5.88. The molecule has 0 aliphatic heterocycles. The number of aliphatic carboxylic acids is 1. The van der Waals surface area contributed by atoms with E-state index in [9.17, 15) is 9.59 Å². The molecule has 0 atom stereocenters. The molecule has 0 aliphatic rings. The predicted octanol–water partition coefficient (Wildman–Crippen LogP) is 3.56. The van der Waals surface area contributed by atoms with Crippen LogP contribution in [0.4, 0.5) is 10.6 Å². The molecule has 1 heterocycles. The third kappa shape index (κ3) is 5.34. The molecular weight excluding hydrogens is 332 g/mol. The van der Waals surface area contributed by atoms with Crippen molar-refractivity contribution < 1.29 is 14.7 Å². The second-order valence-electron chi connectivity index (χ2n) is 7.29. The van der Waals surface area contributed by atoms with Gasteiger partial charge in [0.1, 0.15) is 0 Å². The number of rotatable bonds is 6. The third-order valence-corrected chi connectivity index (χ3v) is 4.00. The summed E-state index contributed by atoms with van der Waals surface area (Å²) in [4.78, 5) is 22.9. The monoisotopic (exact) mass is 358 g/mol. The Balaban J connectivity index is 2.09. The number of amides is 2. The smallest absolute Gasteiger partial charge is 0.320 e. The largest absolute Gasteiger partial charge is 0.481 e. The van der Waals surface area contributed by atoms with Crippen molar-refractivity contribution in [3.8, 4) is 5.69 Å². The fraction of sp³-hybridized carbons (Fsp3) is 0.421. The first-order valence-electron chi connectivity index (χ1n) is 8.52. The van der Waals surface area contributed by atoms with Gasteiger partial charge < -0.3 is 10.4 Å². The van der Waals surface area contributed by atoms with Gasteiger partial charge in [0.05, 0.1) is 5.69 Å². The SMILES string of the molecule is Cc1cc(C)cc(-n2nc(NC(=O)NC(C)(C)CCC(=O)O)cc2C)c1. The Hall–Kier alpha value is -2.83. The molecule has 2 aromatic rings. The van der Waals surface area contributed by atoms with Crippen molar-refractivity contribution >= 4 is 17.8 Å². The summed E-state index contributed by atoms with van der Waals surface area (Å²) in [7, 11) is 0. The number of carboxylic acids is 1. The van der Waals surface area contributed by atoms with E-state index in [1.807, 2.05) is 32.9 Å². The number of nitrogens with zero attached hydrogens (tertiary/aromatic N) is 2. The number of carboxylic acid groups (broad SMARTS) is 1. The number of nitrogens with one attached hydrogen (secondary N) is 2. The van der Waals surface area contributed by atoms with Crippen LogP contribution in [-0.2, 0) is 4.79 Å². The van der Waals surface area contributed by atoms with E-state index < -0.39 is 17.5 Å². The maximum atomic E-state index is 12.2. The summed E-state index contributed by atoms with van der Waals surface area (Å²) in [6.07, 6.45) is 0.333. The van der Waals surface area contributed by atoms with E-state index in [0.29, 0.717) is 12.2 Å². The lowest BCUT2D eigenvalue weighted by Gasteiger charge is -2.25. The van der Waals surface area contributed by atoms with Crippen molar-refractivity contribution in [1.29, 1.82) is 0 Å². The second-order valence-corrected chi connectivity index (χ2v) is 7.29. The van der Waals surface area contributed by atoms with Crippen molar-refractivity contribution in [3.05, 3.63) is 41.1 Å². The van der Waals surface area contributed by atoms with Crippen molar-refractivity contribution in [2.24, 2.45) is 0 Å². The van der Waals surface area contributed by atoms with Crippen LogP contribution in [0.3, 0.4) is 0 Å².